The molecule has 3 N–H and O–H groups in total. The van der Waals surface area contributed by atoms with Crippen LogP contribution in [0.1, 0.15) is 19.8 Å². The van der Waals surface area contributed by atoms with Crippen molar-refractivity contribution < 1.29 is 0 Å². The zero-order valence-electron chi connectivity index (χ0n) is 10.3. The van der Waals surface area contributed by atoms with E-state index in [-0.39, 0.29) is 0 Å². The number of nitrogens with zero attached hydrogens (tertiary/aromatic N) is 1. The third kappa shape index (κ3) is 2.07. The van der Waals surface area contributed by atoms with Gasteiger partial charge in [-0.15, -0.1) is 0 Å². The molecular weight excluding hydrogens is 200 g/mol. The minimum Gasteiger partial charge on any atom is -0.391 e. The maximum Gasteiger partial charge on any atom is 0.126 e. The minimum atomic E-state index is 0.532. The Morgan fingerprint density at radius 1 is 1.44 bits per heavy atom. The van der Waals surface area contributed by atoms with Crippen molar-refractivity contribution in [3.05, 3.63) is 11.3 Å². The molecule has 4 nitrogen and oxygen atoms in total. The van der Waals surface area contributed by atoms with E-state index < -0.39 is 0 Å². The maximum atomic E-state index is 8.34. The first kappa shape index (κ1) is 11.5. The second-order valence-electron chi connectivity index (χ2n) is 4.67. The van der Waals surface area contributed by atoms with E-state index in [2.05, 4.69) is 22.5 Å². The first-order valence-corrected chi connectivity index (χ1v) is 6.19. The molecule has 0 aromatic carbocycles. The first-order chi connectivity index (χ1) is 7.74. The lowest BCUT2D eigenvalue weighted by atomic mass is 10.0. The summed E-state index contributed by atoms with van der Waals surface area (Å²) in [6.45, 7) is 6.16. The summed E-state index contributed by atoms with van der Waals surface area (Å²) in [5, 5.41) is 14.9. The Bertz CT molecular complexity index is 302. The molecule has 1 atom stereocenters. The van der Waals surface area contributed by atoms with Crippen LogP contribution >= 0.6 is 0 Å². The first-order valence-electron chi connectivity index (χ1n) is 6.19. The summed E-state index contributed by atoms with van der Waals surface area (Å²) in [5.41, 5.74) is 2.51. The summed E-state index contributed by atoms with van der Waals surface area (Å²) in [6.07, 6.45) is 2.28. The Morgan fingerprint density at radius 3 is 2.75 bits per heavy atom. The van der Waals surface area contributed by atoms with E-state index in [1.54, 1.807) is 0 Å². The molecule has 0 bridgehead atoms. The van der Waals surface area contributed by atoms with Gasteiger partial charge < -0.3 is 15.5 Å². The van der Waals surface area contributed by atoms with Crippen molar-refractivity contribution in [2.75, 3.05) is 33.2 Å². The SMILES string of the molecule is CNC1=C(C(=N)N2CCNCC2)[C@H](C)CC1. The number of hydrogen-bond acceptors (Lipinski definition) is 3. The molecule has 1 heterocycles. The second kappa shape index (κ2) is 4.87. The molecule has 1 aliphatic heterocycles. The van der Waals surface area contributed by atoms with Crippen LogP contribution in [0.15, 0.2) is 11.3 Å². The molecule has 16 heavy (non-hydrogen) atoms. The van der Waals surface area contributed by atoms with Gasteiger partial charge in [0, 0.05) is 44.5 Å². The number of rotatable bonds is 2. The number of nitrogens with one attached hydrogen (secondary N) is 3. The van der Waals surface area contributed by atoms with Crippen LogP contribution in [0, 0.1) is 11.3 Å². The van der Waals surface area contributed by atoms with Crippen molar-refractivity contribution in [2.24, 2.45) is 5.92 Å². The van der Waals surface area contributed by atoms with Crippen molar-refractivity contribution in [3.8, 4) is 0 Å². The molecule has 0 radical (unpaired) electrons. The van der Waals surface area contributed by atoms with E-state index >= 15 is 0 Å². The molecule has 0 unspecified atom stereocenters. The smallest absolute Gasteiger partial charge is 0.126 e. The van der Waals surface area contributed by atoms with E-state index in [4.69, 9.17) is 5.41 Å². The summed E-state index contributed by atoms with van der Waals surface area (Å²) in [4.78, 5) is 2.20. The molecule has 1 saturated heterocycles. The Balaban J connectivity index is 2.12. The molecule has 0 spiro atoms. The fourth-order valence-corrected chi connectivity index (χ4v) is 2.63. The van der Waals surface area contributed by atoms with Gasteiger partial charge in [-0.1, -0.05) is 6.92 Å². The van der Waals surface area contributed by atoms with Crippen LogP contribution < -0.4 is 10.6 Å². The molecule has 4 heteroatoms. The Morgan fingerprint density at radius 2 is 2.12 bits per heavy atom. The molecule has 0 aromatic rings. The van der Waals surface area contributed by atoms with Crippen LogP contribution in [-0.2, 0) is 0 Å². The number of piperazine rings is 1. The summed E-state index contributed by atoms with van der Waals surface area (Å²) in [7, 11) is 1.97. The van der Waals surface area contributed by atoms with Crippen LogP contribution in [0.2, 0.25) is 0 Å². The van der Waals surface area contributed by atoms with E-state index in [0.29, 0.717) is 5.92 Å². The van der Waals surface area contributed by atoms with Gasteiger partial charge in [0.1, 0.15) is 5.84 Å². The monoisotopic (exact) mass is 222 g/mol. The number of allylic oxidation sites excluding steroid dienone is 1. The summed E-state index contributed by atoms with van der Waals surface area (Å²) >= 11 is 0. The quantitative estimate of drug-likeness (QED) is 0.478. The largest absolute Gasteiger partial charge is 0.391 e. The highest BCUT2D eigenvalue weighted by Crippen LogP contribution is 2.31. The molecule has 2 rings (SSSR count). The minimum absolute atomic E-state index is 0.532. The number of amidine groups is 1. The van der Waals surface area contributed by atoms with Crippen LogP contribution in [0.3, 0.4) is 0 Å². The highest BCUT2D eigenvalue weighted by molar-refractivity contribution is 5.97. The van der Waals surface area contributed by atoms with Crippen LogP contribution in [0.5, 0.6) is 0 Å². The third-order valence-electron chi connectivity index (χ3n) is 3.64. The van der Waals surface area contributed by atoms with E-state index in [0.717, 1.165) is 38.4 Å². The van der Waals surface area contributed by atoms with Gasteiger partial charge in [0.2, 0.25) is 0 Å². The van der Waals surface area contributed by atoms with Gasteiger partial charge in [-0.05, 0) is 18.8 Å². The lowest BCUT2D eigenvalue weighted by Crippen LogP contribution is -2.47. The van der Waals surface area contributed by atoms with Crippen LogP contribution in [0.4, 0.5) is 0 Å². The molecule has 0 aromatic heterocycles. The Labute approximate surface area is 97.6 Å². The van der Waals surface area contributed by atoms with Crippen LogP contribution in [-0.4, -0.2) is 44.0 Å². The molecule has 90 valence electrons. The molecule has 0 saturated carbocycles. The zero-order chi connectivity index (χ0) is 11.5. The fourth-order valence-electron chi connectivity index (χ4n) is 2.63. The van der Waals surface area contributed by atoms with Gasteiger partial charge in [-0.2, -0.15) is 0 Å². The lowest BCUT2D eigenvalue weighted by Gasteiger charge is -2.31. The van der Waals surface area contributed by atoms with Crippen molar-refractivity contribution in [1.82, 2.24) is 15.5 Å². The molecular formula is C12H22N4. The predicted molar refractivity (Wildman–Crippen MR) is 66.7 cm³/mol. The fraction of sp³-hybridized carbons (Fsp3) is 0.750. The lowest BCUT2D eigenvalue weighted by molar-refractivity contribution is 0.353. The Hall–Kier alpha value is -1.03. The highest BCUT2D eigenvalue weighted by Gasteiger charge is 2.27. The van der Waals surface area contributed by atoms with E-state index in [1.807, 2.05) is 7.05 Å². The predicted octanol–water partition coefficient (Wildman–Crippen LogP) is 0.772. The molecule has 0 amide bonds. The Kier molecular flexibility index (Phi) is 3.49. The van der Waals surface area contributed by atoms with Crippen molar-refractivity contribution >= 4 is 5.84 Å². The van der Waals surface area contributed by atoms with E-state index in [9.17, 15) is 0 Å². The van der Waals surface area contributed by atoms with E-state index in [1.165, 1.54) is 17.7 Å². The van der Waals surface area contributed by atoms with Crippen molar-refractivity contribution in [3.63, 3.8) is 0 Å². The van der Waals surface area contributed by atoms with Gasteiger partial charge in [0.15, 0.2) is 0 Å². The van der Waals surface area contributed by atoms with Crippen molar-refractivity contribution in [1.29, 1.82) is 5.41 Å². The molecule has 2 aliphatic rings. The van der Waals surface area contributed by atoms with Gasteiger partial charge in [0.25, 0.3) is 0 Å². The van der Waals surface area contributed by atoms with Gasteiger partial charge >= 0.3 is 0 Å². The summed E-state index contributed by atoms with van der Waals surface area (Å²) in [6, 6.07) is 0. The normalized spacial score (nSPS) is 26.1. The third-order valence-corrected chi connectivity index (χ3v) is 3.64. The summed E-state index contributed by atoms with van der Waals surface area (Å²) in [5.74, 6) is 1.28. The average molecular weight is 222 g/mol. The van der Waals surface area contributed by atoms with Crippen LogP contribution in [0.25, 0.3) is 0 Å². The van der Waals surface area contributed by atoms with Gasteiger partial charge in [0.05, 0.1) is 0 Å². The number of hydrogen-bond donors (Lipinski definition) is 3. The summed E-state index contributed by atoms with van der Waals surface area (Å²) < 4.78 is 0. The molecule has 1 fully saturated rings. The average Bonchev–Trinajstić information content (AvgIpc) is 2.70. The molecule has 1 aliphatic carbocycles. The zero-order valence-corrected chi connectivity index (χ0v) is 10.3. The standard InChI is InChI=1S/C12H22N4/c1-9-3-4-10(14-2)11(9)12(13)16-7-5-15-6-8-16/h9,13-15H,3-8H2,1-2H3/t9-/m1/s1. The van der Waals surface area contributed by atoms with Gasteiger partial charge in [-0.25, -0.2) is 0 Å². The topological polar surface area (TPSA) is 51.2 Å². The second-order valence-corrected chi connectivity index (χ2v) is 4.67. The van der Waals surface area contributed by atoms with Crippen molar-refractivity contribution in [2.45, 2.75) is 19.8 Å². The van der Waals surface area contributed by atoms with Gasteiger partial charge in [-0.3, -0.25) is 5.41 Å². The highest BCUT2D eigenvalue weighted by atomic mass is 15.2. The maximum absolute atomic E-state index is 8.34.